The summed E-state index contributed by atoms with van der Waals surface area (Å²) in [6.07, 6.45) is 1.86. The number of fused-ring (bicyclic) bond motifs is 1. The van der Waals surface area contributed by atoms with Gasteiger partial charge in [-0.15, -0.1) is 0 Å². The molecule has 3 nitrogen and oxygen atoms in total. The maximum atomic E-state index is 11.5. The average molecular weight is 237 g/mol. The van der Waals surface area contributed by atoms with Crippen LogP contribution in [-0.4, -0.2) is 11.8 Å². The molecule has 1 aliphatic heterocycles. The fourth-order valence-corrected chi connectivity index (χ4v) is 2.24. The van der Waals surface area contributed by atoms with Crippen molar-refractivity contribution in [2.24, 2.45) is 0 Å². The molecule has 88 valence electrons. The Hall–Kier alpha value is -2.42. The summed E-state index contributed by atoms with van der Waals surface area (Å²) in [4.78, 5) is 22.6. The second kappa shape index (κ2) is 4.11. The van der Waals surface area contributed by atoms with E-state index in [-0.39, 0.29) is 11.8 Å². The van der Waals surface area contributed by atoms with Crippen molar-refractivity contribution in [3.63, 3.8) is 0 Å². The van der Waals surface area contributed by atoms with Gasteiger partial charge in [-0.05, 0) is 16.3 Å². The van der Waals surface area contributed by atoms with Crippen molar-refractivity contribution in [2.75, 3.05) is 0 Å². The van der Waals surface area contributed by atoms with Gasteiger partial charge in [0, 0.05) is 18.1 Å². The molecule has 1 N–H and O–H groups in total. The predicted octanol–water partition coefficient (Wildman–Crippen LogP) is 1.97. The van der Waals surface area contributed by atoms with Gasteiger partial charge in [-0.25, -0.2) is 0 Å². The smallest absolute Gasteiger partial charge is 0.254 e. The van der Waals surface area contributed by atoms with E-state index in [0.717, 1.165) is 16.3 Å². The minimum Gasteiger partial charge on any atom is -0.289 e. The molecule has 3 heteroatoms. The molecule has 18 heavy (non-hydrogen) atoms. The molecule has 2 aromatic carbocycles. The summed E-state index contributed by atoms with van der Waals surface area (Å²) in [5.74, 6) is -0.608. The molecular weight excluding hydrogens is 226 g/mol. The van der Waals surface area contributed by atoms with Crippen LogP contribution in [0.5, 0.6) is 0 Å². The van der Waals surface area contributed by atoms with E-state index in [9.17, 15) is 9.59 Å². The number of hydrogen-bond acceptors (Lipinski definition) is 2. The number of benzene rings is 2. The lowest BCUT2D eigenvalue weighted by molar-refractivity contribution is -0.123. The molecule has 0 unspecified atom stereocenters. The Morgan fingerprint density at radius 1 is 0.944 bits per heavy atom. The highest BCUT2D eigenvalue weighted by molar-refractivity contribution is 6.16. The first-order valence-electron chi connectivity index (χ1n) is 5.76. The van der Waals surface area contributed by atoms with E-state index >= 15 is 0 Å². The van der Waals surface area contributed by atoms with Crippen LogP contribution in [0, 0.1) is 0 Å². The van der Waals surface area contributed by atoms with Crippen LogP contribution in [0.2, 0.25) is 0 Å². The van der Waals surface area contributed by atoms with Gasteiger partial charge in [0.05, 0.1) is 0 Å². The lowest BCUT2D eigenvalue weighted by Crippen LogP contribution is -2.22. The highest BCUT2D eigenvalue weighted by Gasteiger charge is 2.20. The van der Waals surface area contributed by atoms with Crippen LogP contribution in [-0.2, 0) is 16.0 Å². The topological polar surface area (TPSA) is 46.2 Å². The van der Waals surface area contributed by atoms with Crippen LogP contribution in [0.3, 0.4) is 0 Å². The minimum absolute atomic E-state index is 0.284. The standard InChI is InChI=1S/C15H11NO2/c17-14-9-12(15(18)16-14)8-11-6-3-5-10-4-1-2-7-13(10)11/h1-7,9H,8H2,(H,16,17,18). The molecule has 1 aliphatic rings. The van der Waals surface area contributed by atoms with E-state index in [4.69, 9.17) is 0 Å². The quantitative estimate of drug-likeness (QED) is 0.812. The second-order valence-electron chi connectivity index (χ2n) is 4.30. The van der Waals surface area contributed by atoms with Crippen molar-refractivity contribution >= 4 is 22.6 Å². The number of amides is 2. The van der Waals surface area contributed by atoms with E-state index in [1.54, 1.807) is 0 Å². The fraction of sp³-hybridized carbons (Fsp3) is 0.0667. The van der Waals surface area contributed by atoms with Crippen molar-refractivity contribution < 1.29 is 9.59 Å². The van der Waals surface area contributed by atoms with E-state index in [0.29, 0.717) is 12.0 Å². The molecule has 3 rings (SSSR count). The molecule has 0 atom stereocenters. The van der Waals surface area contributed by atoms with Gasteiger partial charge in [0.25, 0.3) is 11.8 Å². The lowest BCUT2D eigenvalue weighted by atomic mass is 9.98. The zero-order chi connectivity index (χ0) is 12.5. The maximum Gasteiger partial charge on any atom is 0.254 e. The normalized spacial score (nSPS) is 14.8. The summed E-state index contributed by atoms with van der Waals surface area (Å²) in [6, 6.07) is 14.0. The molecule has 0 saturated carbocycles. The van der Waals surface area contributed by atoms with Crippen LogP contribution in [0.25, 0.3) is 10.8 Å². The van der Waals surface area contributed by atoms with Crippen LogP contribution < -0.4 is 5.32 Å². The van der Waals surface area contributed by atoms with Crippen molar-refractivity contribution in [1.29, 1.82) is 0 Å². The molecule has 0 saturated heterocycles. The third-order valence-corrected chi connectivity index (χ3v) is 3.09. The molecule has 0 aromatic heterocycles. The number of carbonyl (C=O) groups excluding carboxylic acids is 2. The first kappa shape index (κ1) is 10.7. The highest BCUT2D eigenvalue weighted by Crippen LogP contribution is 2.21. The van der Waals surface area contributed by atoms with E-state index in [2.05, 4.69) is 5.32 Å². The van der Waals surface area contributed by atoms with Gasteiger partial charge < -0.3 is 0 Å². The molecule has 0 bridgehead atoms. The van der Waals surface area contributed by atoms with Gasteiger partial charge in [0.15, 0.2) is 0 Å². The Balaban J connectivity index is 2.03. The maximum absolute atomic E-state index is 11.5. The Bertz CT molecular complexity index is 680. The van der Waals surface area contributed by atoms with Crippen molar-refractivity contribution in [2.45, 2.75) is 6.42 Å². The minimum atomic E-state index is -0.324. The van der Waals surface area contributed by atoms with Gasteiger partial charge in [-0.1, -0.05) is 42.5 Å². The molecule has 1 heterocycles. The highest BCUT2D eigenvalue weighted by atomic mass is 16.2. The van der Waals surface area contributed by atoms with Gasteiger partial charge in [0.1, 0.15) is 0 Å². The second-order valence-corrected chi connectivity index (χ2v) is 4.30. The number of hydrogen-bond donors (Lipinski definition) is 1. The third kappa shape index (κ3) is 1.80. The summed E-state index contributed by atoms with van der Waals surface area (Å²) in [7, 11) is 0. The van der Waals surface area contributed by atoms with Crippen LogP contribution >= 0.6 is 0 Å². The largest absolute Gasteiger partial charge is 0.289 e. The van der Waals surface area contributed by atoms with Crippen LogP contribution in [0.15, 0.2) is 54.1 Å². The molecular formula is C15H11NO2. The first-order valence-corrected chi connectivity index (χ1v) is 5.76. The van der Waals surface area contributed by atoms with Gasteiger partial charge >= 0.3 is 0 Å². The average Bonchev–Trinajstić information content (AvgIpc) is 2.68. The number of nitrogens with one attached hydrogen (secondary N) is 1. The van der Waals surface area contributed by atoms with Gasteiger partial charge in [0.2, 0.25) is 0 Å². The van der Waals surface area contributed by atoms with Crippen molar-refractivity contribution in [3.8, 4) is 0 Å². The first-order chi connectivity index (χ1) is 8.74. The Kier molecular flexibility index (Phi) is 2.45. The fourth-order valence-electron chi connectivity index (χ4n) is 2.24. The van der Waals surface area contributed by atoms with Crippen LogP contribution in [0.1, 0.15) is 5.56 Å². The molecule has 0 aliphatic carbocycles. The van der Waals surface area contributed by atoms with Crippen molar-refractivity contribution in [1.82, 2.24) is 5.32 Å². The van der Waals surface area contributed by atoms with Gasteiger partial charge in [-0.3, -0.25) is 14.9 Å². The SMILES string of the molecule is O=C1C=C(Cc2cccc3ccccc23)C(=O)N1. The zero-order valence-electron chi connectivity index (χ0n) is 9.64. The number of carbonyl (C=O) groups is 2. The van der Waals surface area contributed by atoms with E-state index in [1.165, 1.54) is 6.08 Å². The summed E-state index contributed by atoms with van der Waals surface area (Å²) >= 11 is 0. The Labute approximate surface area is 104 Å². The predicted molar refractivity (Wildman–Crippen MR) is 68.9 cm³/mol. The molecule has 0 spiro atoms. The summed E-state index contributed by atoms with van der Waals surface area (Å²) in [5, 5.41) is 4.52. The number of rotatable bonds is 2. The molecule has 0 radical (unpaired) electrons. The lowest BCUT2D eigenvalue weighted by Gasteiger charge is -2.06. The Morgan fingerprint density at radius 3 is 2.50 bits per heavy atom. The molecule has 2 amide bonds. The summed E-state index contributed by atoms with van der Waals surface area (Å²) in [6.45, 7) is 0. The summed E-state index contributed by atoms with van der Waals surface area (Å²) in [5.41, 5.74) is 1.58. The van der Waals surface area contributed by atoms with E-state index in [1.807, 2.05) is 42.5 Å². The summed E-state index contributed by atoms with van der Waals surface area (Å²) < 4.78 is 0. The molecule has 2 aromatic rings. The Morgan fingerprint density at radius 2 is 1.72 bits per heavy atom. The van der Waals surface area contributed by atoms with E-state index < -0.39 is 0 Å². The van der Waals surface area contributed by atoms with Crippen molar-refractivity contribution in [3.05, 3.63) is 59.7 Å². The third-order valence-electron chi connectivity index (χ3n) is 3.09. The van der Waals surface area contributed by atoms with Gasteiger partial charge in [-0.2, -0.15) is 0 Å². The monoisotopic (exact) mass is 237 g/mol. The molecule has 0 fully saturated rings. The van der Waals surface area contributed by atoms with Crippen LogP contribution in [0.4, 0.5) is 0 Å². The number of imide groups is 1. The zero-order valence-corrected chi connectivity index (χ0v) is 9.64.